The largest absolute Gasteiger partial charge is 0.480 e. The minimum Gasteiger partial charge on any atom is -0.480 e. The van der Waals surface area contributed by atoms with Crippen LogP contribution in [-0.4, -0.2) is 41.1 Å². The monoisotopic (exact) mass is 386 g/mol. The average Bonchev–Trinajstić information content (AvgIpc) is 3.11. The third-order valence-electron chi connectivity index (χ3n) is 4.70. The first-order valence-electron chi connectivity index (χ1n) is 8.75. The molecule has 1 fully saturated rings. The molecule has 1 aromatic carbocycles. The van der Waals surface area contributed by atoms with Crippen molar-refractivity contribution < 1.29 is 13.9 Å². The maximum Gasteiger partial charge on any atom is 0.321 e. The third kappa shape index (κ3) is 3.68. The van der Waals surface area contributed by atoms with Gasteiger partial charge in [0.1, 0.15) is 11.2 Å². The predicted molar refractivity (Wildman–Crippen MR) is 102 cm³/mol. The lowest BCUT2D eigenvalue weighted by Crippen LogP contribution is -2.40. The summed E-state index contributed by atoms with van der Waals surface area (Å²) in [6.45, 7) is 1.25. The molecule has 1 N–H and O–H groups in total. The van der Waals surface area contributed by atoms with Crippen molar-refractivity contribution in [1.29, 1.82) is 0 Å². The molecule has 4 rings (SSSR count). The highest BCUT2D eigenvalue weighted by Crippen LogP contribution is 2.31. The second kappa shape index (κ2) is 7.44. The Labute approximate surface area is 161 Å². The van der Waals surface area contributed by atoms with Gasteiger partial charge in [-0.25, -0.2) is 14.8 Å². The smallest absolute Gasteiger partial charge is 0.321 e. The maximum atomic E-state index is 12.5. The fourth-order valence-corrected chi connectivity index (χ4v) is 3.43. The number of halogens is 1. The van der Waals surface area contributed by atoms with E-state index in [1.807, 2.05) is 6.07 Å². The number of anilines is 1. The molecule has 0 unspecified atom stereocenters. The summed E-state index contributed by atoms with van der Waals surface area (Å²) in [5.74, 6) is 1.29. The number of benzene rings is 1. The lowest BCUT2D eigenvalue weighted by atomic mass is 9.97. The van der Waals surface area contributed by atoms with Gasteiger partial charge in [-0.15, -0.1) is 0 Å². The Morgan fingerprint density at radius 1 is 1.33 bits per heavy atom. The molecule has 1 aliphatic heterocycles. The molecule has 3 heterocycles. The van der Waals surface area contributed by atoms with E-state index in [2.05, 4.69) is 15.3 Å². The molecule has 1 aliphatic rings. The van der Waals surface area contributed by atoms with Gasteiger partial charge < -0.3 is 19.4 Å². The summed E-state index contributed by atoms with van der Waals surface area (Å²) in [5.41, 5.74) is 2.06. The van der Waals surface area contributed by atoms with Gasteiger partial charge in [0, 0.05) is 30.2 Å². The normalized spacial score (nSPS) is 15.1. The number of piperidine rings is 1. The molecule has 3 aromatic rings. The number of amides is 2. The number of fused-ring (bicyclic) bond motifs is 1. The summed E-state index contributed by atoms with van der Waals surface area (Å²) in [7, 11) is 1.52. The van der Waals surface area contributed by atoms with Crippen molar-refractivity contribution in [2.75, 3.05) is 25.5 Å². The van der Waals surface area contributed by atoms with Gasteiger partial charge in [0.25, 0.3) is 0 Å². The Balaban J connectivity index is 1.40. The molecule has 0 atom stereocenters. The van der Waals surface area contributed by atoms with E-state index < -0.39 is 0 Å². The Morgan fingerprint density at radius 3 is 2.93 bits per heavy atom. The van der Waals surface area contributed by atoms with Crippen LogP contribution < -0.4 is 10.1 Å². The summed E-state index contributed by atoms with van der Waals surface area (Å²) in [5, 5.41) is 3.50. The van der Waals surface area contributed by atoms with Gasteiger partial charge in [-0.05, 0) is 43.2 Å². The fraction of sp³-hybridized carbons (Fsp3) is 0.316. The van der Waals surface area contributed by atoms with E-state index in [1.54, 1.807) is 35.4 Å². The predicted octanol–water partition coefficient (Wildman–Crippen LogP) is 4.30. The number of carbonyl (C=O) groups excluding carboxylic acids is 1. The van der Waals surface area contributed by atoms with Crippen LogP contribution in [0.15, 0.2) is 40.9 Å². The highest BCUT2D eigenvalue weighted by molar-refractivity contribution is 6.31. The van der Waals surface area contributed by atoms with Gasteiger partial charge in [-0.1, -0.05) is 11.6 Å². The summed E-state index contributed by atoms with van der Waals surface area (Å²) in [6, 6.07) is 8.78. The molecule has 8 heteroatoms. The molecule has 0 aliphatic carbocycles. The highest BCUT2D eigenvalue weighted by atomic mass is 35.5. The van der Waals surface area contributed by atoms with Crippen LogP contribution in [0.3, 0.4) is 0 Å². The average molecular weight is 387 g/mol. The van der Waals surface area contributed by atoms with Crippen molar-refractivity contribution in [3.63, 3.8) is 0 Å². The van der Waals surface area contributed by atoms with E-state index in [9.17, 15) is 4.79 Å². The van der Waals surface area contributed by atoms with Gasteiger partial charge in [0.2, 0.25) is 5.88 Å². The molecule has 0 radical (unpaired) electrons. The van der Waals surface area contributed by atoms with Crippen LogP contribution in [0.2, 0.25) is 5.02 Å². The van der Waals surface area contributed by atoms with Crippen molar-refractivity contribution in [2.24, 2.45) is 0 Å². The van der Waals surface area contributed by atoms with Gasteiger partial charge in [-0.3, -0.25) is 0 Å². The number of ether oxygens (including phenoxy) is 1. The number of aromatic nitrogens is 2. The van der Waals surface area contributed by atoms with Crippen molar-refractivity contribution in [2.45, 2.75) is 18.8 Å². The quantitative estimate of drug-likeness (QED) is 0.726. The topological polar surface area (TPSA) is 80.5 Å². The minimum absolute atomic E-state index is 0.163. The number of nitrogens with one attached hydrogen (secondary N) is 1. The van der Waals surface area contributed by atoms with Crippen LogP contribution >= 0.6 is 11.6 Å². The van der Waals surface area contributed by atoms with Crippen LogP contribution in [0.25, 0.3) is 11.1 Å². The Kier molecular flexibility index (Phi) is 4.85. The van der Waals surface area contributed by atoms with Crippen molar-refractivity contribution in [3.05, 3.63) is 47.4 Å². The number of hydrogen-bond acceptors (Lipinski definition) is 5. The van der Waals surface area contributed by atoms with E-state index >= 15 is 0 Å². The molecular weight excluding hydrogens is 368 g/mol. The van der Waals surface area contributed by atoms with E-state index in [-0.39, 0.29) is 11.9 Å². The summed E-state index contributed by atoms with van der Waals surface area (Å²) in [6.07, 6.45) is 3.20. The Bertz CT molecular complexity index is 966. The van der Waals surface area contributed by atoms with Crippen molar-refractivity contribution in [3.8, 4) is 5.88 Å². The number of methoxy groups -OCH3 is 1. The van der Waals surface area contributed by atoms with Crippen molar-refractivity contribution in [1.82, 2.24) is 14.9 Å². The Morgan fingerprint density at radius 2 is 2.15 bits per heavy atom. The summed E-state index contributed by atoms with van der Waals surface area (Å²) >= 11 is 6.01. The number of rotatable bonds is 3. The Hall–Kier alpha value is -2.80. The molecular formula is C19H19ClN4O3. The SMILES string of the molecule is COc1ncccc1NC(=O)N1CCC(c2nc3cc(Cl)ccc3o2)CC1. The number of nitrogens with zero attached hydrogens (tertiary/aromatic N) is 3. The fourth-order valence-electron chi connectivity index (χ4n) is 3.27. The number of hydrogen-bond donors (Lipinski definition) is 1. The van der Waals surface area contributed by atoms with E-state index in [0.29, 0.717) is 35.6 Å². The lowest BCUT2D eigenvalue weighted by Gasteiger charge is -2.30. The van der Waals surface area contributed by atoms with E-state index in [0.717, 1.165) is 23.9 Å². The number of urea groups is 1. The second-order valence-corrected chi connectivity index (χ2v) is 6.85. The number of carbonyl (C=O) groups is 1. The van der Waals surface area contributed by atoms with Crippen LogP contribution in [0, 0.1) is 0 Å². The standard InChI is InChI=1S/C19H19ClN4O3/c1-26-18-14(3-2-8-21-18)23-19(25)24-9-6-12(7-10-24)17-22-15-11-13(20)4-5-16(15)27-17/h2-5,8,11-12H,6-7,9-10H2,1H3,(H,23,25). The zero-order valence-electron chi connectivity index (χ0n) is 14.8. The molecule has 0 bridgehead atoms. The second-order valence-electron chi connectivity index (χ2n) is 6.42. The van der Waals surface area contributed by atoms with Crippen LogP contribution in [0.4, 0.5) is 10.5 Å². The molecule has 2 amide bonds. The van der Waals surface area contributed by atoms with Crippen LogP contribution in [0.5, 0.6) is 5.88 Å². The lowest BCUT2D eigenvalue weighted by molar-refractivity contribution is 0.190. The van der Waals surface area contributed by atoms with E-state index in [1.165, 1.54) is 7.11 Å². The molecule has 1 saturated heterocycles. The van der Waals surface area contributed by atoms with Crippen LogP contribution in [-0.2, 0) is 0 Å². The molecule has 27 heavy (non-hydrogen) atoms. The molecule has 140 valence electrons. The summed E-state index contributed by atoms with van der Waals surface area (Å²) in [4.78, 5) is 23.0. The first-order valence-corrected chi connectivity index (χ1v) is 9.13. The first kappa shape index (κ1) is 17.6. The van der Waals surface area contributed by atoms with Gasteiger partial charge >= 0.3 is 6.03 Å². The highest BCUT2D eigenvalue weighted by Gasteiger charge is 2.27. The summed E-state index contributed by atoms with van der Waals surface area (Å²) < 4.78 is 11.0. The molecule has 2 aromatic heterocycles. The molecule has 0 saturated carbocycles. The third-order valence-corrected chi connectivity index (χ3v) is 4.94. The number of oxazole rings is 1. The van der Waals surface area contributed by atoms with Gasteiger partial charge in [0.05, 0.1) is 7.11 Å². The zero-order chi connectivity index (χ0) is 18.8. The molecule has 7 nitrogen and oxygen atoms in total. The minimum atomic E-state index is -0.163. The van der Waals surface area contributed by atoms with Gasteiger partial charge in [-0.2, -0.15) is 0 Å². The zero-order valence-corrected chi connectivity index (χ0v) is 15.6. The van der Waals surface area contributed by atoms with Crippen molar-refractivity contribution >= 4 is 34.4 Å². The van der Waals surface area contributed by atoms with E-state index in [4.69, 9.17) is 20.8 Å². The molecule has 0 spiro atoms. The maximum absolute atomic E-state index is 12.5. The number of pyridine rings is 1. The first-order chi connectivity index (χ1) is 13.1. The number of likely N-dealkylation sites (tertiary alicyclic amines) is 1. The van der Waals surface area contributed by atoms with Gasteiger partial charge in [0.15, 0.2) is 11.5 Å². The van der Waals surface area contributed by atoms with Crippen LogP contribution in [0.1, 0.15) is 24.7 Å².